The molecule has 2 aliphatic heterocycles. The third-order valence-electron chi connectivity index (χ3n) is 5.96. The Morgan fingerprint density at radius 1 is 1.30 bits per heavy atom. The number of anilines is 2. The van der Waals surface area contributed by atoms with Gasteiger partial charge in [0.15, 0.2) is 0 Å². The number of amides is 1. The molecule has 1 N–H and O–H groups in total. The van der Waals surface area contributed by atoms with Crippen molar-refractivity contribution < 1.29 is 9.53 Å². The Hall–Kier alpha value is -2.94. The molecule has 9 heteroatoms. The minimum absolute atomic E-state index is 0.0255. The summed E-state index contributed by atoms with van der Waals surface area (Å²) in [7, 11) is 0. The second kappa shape index (κ2) is 7.09. The van der Waals surface area contributed by atoms with E-state index in [2.05, 4.69) is 41.9 Å². The molecule has 0 saturated carbocycles. The molecule has 3 aromatic heterocycles. The summed E-state index contributed by atoms with van der Waals surface area (Å²) in [5, 5.41) is 12.0. The molecule has 158 valence electrons. The van der Waals surface area contributed by atoms with E-state index in [0.717, 1.165) is 40.5 Å². The monoisotopic (exact) mass is 409 g/mol. The number of H-pyrrole nitrogens is 1. The van der Waals surface area contributed by atoms with Crippen molar-refractivity contribution in [3.05, 3.63) is 18.3 Å². The standard InChI is InChI=1S/C21H27N7O2/c1-12(2)28-16-9-17(26-7-8-30-11-14(26)4)23-19-18(15-5-6-22-24-15)25-27(20(16)19)10-13(3)21(28)29/h5-6,9,12-14H,7-8,10-11H2,1-4H3,(H,22,24)/t13?,14-/m1/s1. The summed E-state index contributed by atoms with van der Waals surface area (Å²) in [4.78, 5) is 22.5. The van der Waals surface area contributed by atoms with Crippen LogP contribution in [0.2, 0.25) is 0 Å². The number of nitrogens with zero attached hydrogens (tertiary/aromatic N) is 6. The van der Waals surface area contributed by atoms with Gasteiger partial charge in [-0.25, -0.2) is 4.98 Å². The molecule has 0 spiro atoms. The molecule has 0 bridgehead atoms. The van der Waals surface area contributed by atoms with Crippen LogP contribution >= 0.6 is 0 Å². The molecular formula is C21H27N7O2. The third-order valence-corrected chi connectivity index (χ3v) is 5.96. The molecule has 9 nitrogen and oxygen atoms in total. The largest absolute Gasteiger partial charge is 0.377 e. The summed E-state index contributed by atoms with van der Waals surface area (Å²) >= 11 is 0. The minimum Gasteiger partial charge on any atom is -0.377 e. The van der Waals surface area contributed by atoms with Crippen LogP contribution in [0.25, 0.3) is 22.4 Å². The van der Waals surface area contributed by atoms with Crippen LogP contribution in [0.3, 0.4) is 0 Å². The van der Waals surface area contributed by atoms with Crippen molar-refractivity contribution >= 4 is 28.4 Å². The summed E-state index contributed by atoms with van der Waals surface area (Å²) in [5.74, 6) is 0.789. The lowest BCUT2D eigenvalue weighted by Crippen LogP contribution is -2.44. The van der Waals surface area contributed by atoms with E-state index in [1.807, 2.05) is 22.6 Å². The molecule has 5 heterocycles. The fourth-order valence-electron chi connectivity index (χ4n) is 4.48. The number of rotatable bonds is 3. The zero-order valence-corrected chi connectivity index (χ0v) is 17.8. The molecule has 0 radical (unpaired) electrons. The highest BCUT2D eigenvalue weighted by Crippen LogP contribution is 2.39. The predicted octanol–water partition coefficient (Wildman–Crippen LogP) is 2.44. The zero-order valence-electron chi connectivity index (χ0n) is 17.8. The average Bonchev–Trinajstić information content (AvgIpc) is 3.34. The van der Waals surface area contributed by atoms with Crippen LogP contribution in [0, 0.1) is 5.92 Å². The van der Waals surface area contributed by atoms with E-state index in [4.69, 9.17) is 14.8 Å². The van der Waals surface area contributed by atoms with Gasteiger partial charge in [-0.05, 0) is 26.8 Å². The molecule has 0 aliphatic carbocycles. The lowest BCUT2D eigenvalue weighted by Gasteiger charge is -2.35. The van der Waals surface area contributed by atoms with Crippen LogP contribution in [0.5, 0.6) is 0 Å². The zero-order chi connectivity index (χ0) is 21.0. The Balaban J connectivity index is 1.80. The number of pyridine rings is 1. The molecule has 2 atom stereocenters. The number of hydrogen-bond acceptors (Lipinski definition) is 6. The van der Waals surface area contributed by atoms with Gasteiger partial charge in [0.25, 0.3) is 0 Å². The smallest absolute Gasteiger partial charge is 0.231 e. The van der Waals surface area contributed by atoms with Crippen molar-refractivity contribution in [3.63, 3.8) is 0 Å². The maximum absolute atomic E-state index is 13.3. The van der Waals surface area contributed by atoms with Gasteiger partial charge in [-0.15, -0.1) is 0 Å². The lowest BCUT2D eigenvalue weighted by atomic mass is 10.1. The van der Waals surface area contributed by atoms with Gasteiger partial charge in [0.2, 0.25) is 5.91 Å². The molecule has 0 aromatic carbocycles. The fraction of sp³-hybridized carbons (Fsp3) is 0.524. The van der Waals surface area contributed by atoms with Gasteiger partial charge in [-0.1, -0.05) is 6.92 Å². The maximum Gasteiger partial charge on any atom is 0.231 e. The van der Waals surface area contributed by atoms with Gasteiger partial charge >= 0.3 is 0 Å². The summed E-state index contributed by atoms with van der Waals surface area (Å²) in [6.07, 6.45) is 1.72. The third kappa shape index (κ3) is 2.87. The van der Waals surface area contributed by atoms with E-state index < -0.39 is 0 Å². The van der Waals surface area contributed by atoms with Crippen molar-refractivity contribution in [1.82, 2.24) is 25.0 Å². The van der Waals surface area contributed by atoms with Crippen molar-refractivity contribution in [3.8, 4) is 11.4 Å². The summed E-state index contributed by atoms with van der Waals surface area (Å²) in [5.41, 5.74) is 4.14. The number of aromatic nitrogens is 5. The van der Waals surface area contributed by atoms with Gasteiger partial charge < -0.3 is 14.5 Å². The van der Waals surface area contributed by atoms with Crippen molar-refractivity contribution in [2.45, 2.75) is 46.3 Å². The lowest BCUT2D eigenvalue weighted by molar-refractivity contribution is -0.122. The highest BCUT2D eigenvalue weighted by atomic mass is 16.5. The maximum atomic E-state index is 13.3. The van der Waals surface area contributed by atoms with Gasteiger partial charge in [0, 0.05) is 24.8 Å². The van der Waals surface area contributed by atoms with E-state index in [0.29, 0.717) is 19.8 Å². The van der Waals surface area contributed by atoms with Crippen LogP contribution in [-0.4, -0.2) is 62.7 Å². The number of carbonyl (C=O) groups excluding carboxylic acids is 1. The fourth-order valence-corrected chi connectivity index (χ4v) is 4.48. The normalized spacial score (nSPS) is 22.2. The molecule has 3 aromatic rings. The van der Waals surface area contributed by atoms with Crippen LogP contribution < -0.4 is 9.80 Å². The van der Waals surface area contributed by atoms with Gasteiger partial charge in [0.1, 0.15) is 22.5 Å². The Bertz CT molecular complexity index is 1090. The van der Waals surface area contributed by atoms with Gasteiger partial charge in [-0.2, -0.15) is 10.2 Å². The van der Waals surface area contributed by atoms with Crippen LogP contribution in [0.15, 0.2) is 18.3 Å². The Labute approximate surface area is 175 Å². The highest BCUT2D eigenvalue weighted by molar-refractivity contribution is 6.07. The number of carbonyl (C=O) groups is 1. The molecule has 1 amide bonds. The first-order chi connectivity index (χ1) is 14.5. The first kappa shape index (κ1) is 19.0. The first-order valence-corrected chi connectivity index (χ1v) is 10.5. The Kier molecular flexibility index (Phi) is 4.50. The molecule has 2 aliphatic rings. The average molecular weight is 409 g/mol. The quantitative estimate of drug-likeness (QED) is 0.714. The molecule has 1 fully saturated rings. The van der Waals surface area contributed by atoms with E-state index in [9.17, 15) is 4.79 Å². The van der Waals surface area contributed by atoms with E-state index >= 15 is 0 Å². The minimum atomic E-state index is -0.178. The molecule has 5 rings (SSSR count). The number of morpholine rings is 1. The van der Waals surface area contributed by atoms with E-state index in [1.165, 1.54) is 0 Å². The van der Waals surface area contributed by atoms with Crippen LogP contribution in [-0.2, 0) is 16.1 Å². The van der Waals surface area contributed by atoms with Crippen molar-refractivity contribution in [1.29, 1.82) is 0 Å². The number of ether oxygens (including phenoxy) is 1. The SMILES string of the molecule is CC1Cn2nc(-c3ccn[nH]3)c3nc(N4CCOC[C@H]4C)cc(c32)N(C(C)C)C1=O. The second-order valence-corrected chi connectivity index (χ2v) is 8.52. The summed E-state index contributed by atoms with van der Waals surface area (Å²) < 4.78 is 7.56. The predicted molar refractivity (Wildman–Crippen MR) is 115 cm³/mol. The van der Waals surface area contributed by atoms with E-state index in [-0.39, 0.29) is 23.9 Å². The second-order valence-electron chi connectivity index (χ2n) is 8.52. The molecule has 1 saturated heterocycles. The topological polar surface area (TPSA) is 92.2 Å². The highest BCUT2D eigenvalue weighted by Gasteiger charge is 2.34. The summed E-state index contributed by atoms with van der Waals surface area (Å²) in [6.45, 7) is 10.8. The van der Waals surface area contributed by atoms with Crippen molar-refractivity contribution in [2.75, 3.05) is 29.6 Å². The molecule has 1 unspecified atom stereocenters. The summed E-state index contributed by atoms with van der Waals surface area (Å²) in [6, 6.07) is 4.18. The van der Waals surface area contributed by atoms with Crippen molar-refractivity contribution in [2.24, 2.45) is 5.92 Å². The first-order valence-electron chi connectivity index (χ1n) is 10.5. The Morgan fingerprint density at radius 2 is 2.13 bits per heavy atom. The number of aromatic amines is 1. The van der Waals surface area contributed by atoms with Crippen LogP contribution in [0.4, 0.5) is 11.5 Å². The molecular weight excluding hydrogens is 382 g/mol. The van der Waals surface area contributed by atoms with Crippen LogP contribution in [0.1, 0.15) is 27.7 Å². The number of hydrogen-bond donors (Lipinski definition) is 1. The molecule has 30 heavy (non-hydrogen) atoms. The van der Waals surface area contributed by atoms with Gasteiger partial charge in [0.05, 0.1) is 43.1 Å². The number of nitrogens with one attached hydrogen (secondary N) is 1. The van der Waals surface area contributed by atoms with Gasteiger partial charge in [-0.3, -0.25) is 14.6 Å². The van der Waals surface area contributed by atoms with E-state index in [1.54, 1.807) is 6.20 Å². The Morgan fingerprint density at radius 3 is 2.83 bits per heavy atom.